The Labute approximate surface area is 178 Å². The molecular weight excluding hydrogens is 491 g/mol. The Morgan fingerprint density at radius 2 is 1.75 bits per heavy atom. The van der Waals surface area contributed by atoms with Crippen LogP contribution in [0.5, 0.6) is 5.75 Å². The van der Waals surface area contributed by atoms with Crippen LogP contribution in [0.2, 0.25) is 5.02 Å². The van der Waals surface area contributed by atoms with Gasteiger partial charge in [0.2, 0.25) is 0 Å². The molecule has 1 aromatic heterocycles. The normalized spacial score (nSPS) is 10.8. The first kappa shape index (κ1) is 18.7. The molecule has 0 aliphatic heterocycles. The van der Waals surface area contributed by atoms with Crippen LogP contribution in [-0.4, -0.2) is 5.97 Å². The summed E-state index contributed by atoms with van der Waals surface area (Å²) in [6, 6.07) is 18.8. The van der Waals surface area contributed by atoms with Crippen LogP contribution in [0.4, 0.5) is 0 Å². The highest BCUT2D eigenvalue weighted by atomic mass is 127. The third-order valence-electron chi connectivity index (χ3n) is 4.21. The summed E-state index contributed by atoms with van der Waals surface area (Å²) < 4.78 is 11.9. The standard InChI is InChI=1S/C22H12ClIO4/c23-14-7-5-13(6-8-14)18-12-27-20-11-15(9-10-17(20)21(18)25)28-22(26)16-3-1-2-4-19(16)24/h1-12H. The molecule has 0 unspecified atom stereocenters. The van der Waals surface area contributed by atoms with E-state index in [-0.39, 0.29) is 5.43 Å². The number of carbonyl (C=O) groups is 1. The van der Waals surface area contributed by atoms with Gasteiger partial charge in [-0.25, -0.2) is 4.79 Å². The van der Waals surface area contributed by atoms with Crippen LogP contribution in [0.15, 0.2) is 82.2 Å². The van der Waals surface area contributed by atoms with Crippen LogP contribution in [0.3, 0.4) is 0 Å². The molecule has 3 aromatic carbocycles. The molecule has 0 aliphatic rings. The second-order valence-corrected chi connectivity index (χ2v) is 7.61. The number of halogens is 2. The maximum Gasteiger partial charge on any atom is 0.344 e. The number of hydrogen-bond donors (Lipinski definition) is 0. The molecule has 0 fully saturated rings. The van der Waals surface area contributed by atoms with Gasteiger partial charge >= 0.3 is 5.97 Å². The molecule has 0 amide bonds. The van der Waals surface area contributed by atoms with Gasteiger partial charge in [-0.3, -0.25) is 4.79 Å². The lowest BCUT2D eigenvalue weighted by atomic mass is 10.1. The summed E-state index contributed by atoms with van der Waals surface area (Å²) in [5.74, 6) is -0.163. The number of hydrogen-bond acceptors (Lipinski definition) is 4. The molecule has 1 heterocycles. The topological polar surface area (TPSA) is 56.5 Å². The highest BCUT2D eigenvalue weighted by molar-refractivity contribution is 14.1. The van der Waals surface area contributed by atoms with Gasteiger partial charge in [-0.05, 0) is 64.6 Å². The minimum Gasteiger partial charge on any atom is -0.463 e. The van der Waals surface area contributed by atoms with Crippen LogP contribution < -0.4 is 10.2 Å². The van der Waals surface area contributed by atoms with E-state index in [2.05, 4.69) is 22.6 Å². The molecule has 0 bridgehead atoms. The van der Waals surface area contributed by atoms with Crippen molar-refractivity contribution in [2.24, 2.45) is 0 Å². The number of carbonyl (C=O) groups excluding carboxylic acids is 1. The third kappa shape index (κ3) is 3.68. The Bertz CT molecular complexity index is 1250. The third-order valence-corrected chi connectivity index (χ3v) is 5.40. The summed E-state index contributed by atoms with van der Waals surface area (Å²) >= 11 is 7.98. The van der Waals surface area contributed by atoms with E-state index in [1.807, 2.05) is 12.1 Å². The Morgan fingerprint density at radius 3 is 2.50 bits per heavy atom. The fraction of sp³-hybridized carbons (Fsp3) is 0. The largest absolute Gasteiger partial charge is 0.463 e. The van der Waals surface area contributed by atoms with Crippen molar-refractivity contribution >= 4 is 51.1 Å². The number of benzene rings is 3. The second kappa shape index (κ2) is 7.77. The maximum absolute atomic E-state index is 12.8. The van der Waals surface area contributed by atoms with Gasteiger partial charge < -0.3 is 9.15 Å². The number of rotatable bonds is 3. The van der Waals surface area contributed by atoms with Crippen molar-refractivity contribution in [1.29, 1.82) is 0 Å². The smallest absolute Gasteiger partial charge is 0.344 e. The van der Waals surface area contributed by atoms with E-state index in [0.29, 0.717) is 38.4 Å². The zero-order valence-corrected chi connectivity index (χ0v) is 17.2. The van der Waals surface area contributed by atoms with E-state index >= 15 is 0 Å². The minimum atomic E-state index is -0.468. The molecule has 138 valence electrons. The monoisotopic (exact) mass is 502 g/mol. The van der Waals surface area contributed by atoms with E-state index in [0.717, 1.165) is 3.57 Å². The van der Waals surface area contributed by atoms with Gasteiger partial charge in [-0.1, -0.05) is 35.9 Å². The summed E-state index contributed by atoms with van der Waals surface area (Å²) in [6.07, 6.45) is 1.40. The van der Waals surface area contributed by atoms with E-state index in [9.17, 15) is 9.59 Å². The predicted molar refractivity (Wildman–Crippen MR) is 117 cm³/mol. The fourth-order valence-corrected chi connectivity index (χ4v) is 3.52. The molecule has 0 N–H and O–H groups in total. The van der Waals surface area contributed by atoms with Crippen LogP contribution in [-0.2, 0) is 0 Å². The lowest BCUT2D eigenvalue weighted by Gasteiger charge is -2.07. The van der Waals surface area contributed by atoms with Gasteiger partial charge in [0.1, 0.15) is 17.6 Å². The van der Waals surface area contributed by atoms with Crippen LogP contribution in [0.1, 0.15) is 10.4 Å². The summed E-state index contributed by atoms with van der Waals surface area (Å²) in [4.78, 5) is 25.2. The summed E-state index contributed by atoms with van der Waals surface area (Å²) in [7, 11) is 0. The molecule has 4 nitrogen and oxygen atoms in total. The van der Waals surface area contributed by atoms with Gasteiger partial charge in [0.25, 0.3) is 0 Å². The number of esters is 1. The predicted octanol–water partition coefficient (Wildman–Crippen LogP) is 5.94. The van der Waals surface area contributed by atoms with Crippen molar-refractivity contribution in [3.63, 3.8) is 0 Å². The fourth-order valence-electron chi connectivity index (χ4n) is 2.79. The Balaban J connectivity index is 1.68. The zero-order chi connectivity index (χ0) is 19.7. The average Bonchev–Trinajstić information content (AvgIpc) is 2.69. The first-order chi connectivity index (χ1) is 13.5. The average molecular weight is 503 g/mol. The van der Waals surface area contributed by atoms with Crippen LogP contribution in [0.25, 0.3) is 22.1 Å². The second-order valence-electron chi connectivity index (χ2n) is 6.01. The molecule has 0 spiro atoms. The maximum atomic E-state index is 12.8. The highest BCUT2D eigenvalue weighted by Gasteiger charge is 2.14. The van der Waals surface area contributed by atoms with Gasteiger partial charge in [-0.2, -0.15) is 0 Å². The molecular formula is C22H12ClIO4. The van der Waals surface area contributed by atoms with Crippen molar-refractivity contribution in [3.05, 3.63) is 97.4 Å². The lowest BCUT2D eigenvalue weighted by molar-refractivity contribution is 0.0734. The van der Waals surface area contributed by atoms with Gasteiger partial charge in [0.05, 0.1) is 16.5 Å². The highest BCUT2D eigenvalue weighted by Crippen LogP contribution is 2.25. The summed E-state index contributed by atoms with van der Waals surface area (Å²) in [5.41, 5.74) is 1.81. The molecule has 4 rings (SSSR count). The van der Waals surface area contributed by atoms with E-state index in [1.165, 1.54) is 12.3 Å². The van der Waals surface area contributed by atoms with E-state index in [4.69, 9.17) is 20.8 Å². The first-order valence-corrected chi connectivity index (χ1v) is 9.77. The lowest BCUT2D eigenvalue weighted by Crippen LogP contribution is -2.10. The van der Waals surface area contributed by atoms with E-state index < -0.39 is 5.97 Å². The van der Waals surface area contributed by atoms with E-state index in [1.54, 1.807) is 48.5 Å². The van der Waals surface area contributed by atoms with Crippen LogP contribution >= 0.6 is 34.2 Å². The molecule has 0 aliphatic carbocycles. The Hall–Kier alpha value is -2.64. The SMILES string of the molecule is O=C(Oc1ccc2c(=O)c(-c3ccc(Cl)cc3)coc2c1)c1ccccc1I. The molecule has 0 radical (unpaired) electrons. The molecule has 4 aromatic rings. The van der Waals surface area contributed by atoms with Crippen molar-refractivity contribution in [2.45, 2.75) is 0 Å². The quantitative estimate of drug-likeness (QED) is 0.198. The molecule has 28 heavy (non-hydrogen) atoms. The van der Waals surface area contributed by atoms with Crippen molar-refractivity contribution < 1.29 is 13.9 Å². The van der Waals surface area contributed by atoms with Gasteiger partial charge in [0.15, 0.2) is 5.43 Å². The number of fused-ring (bicyclic) bond motifs is 1. The summed E-state index contributed by atoms with van der Waals surface area (Å²) in [6.45, 7) is 0. The Kier molecular flexibility index (Phi) is 5.19. The molecule has 6 heteroatoms. The number of ether oxygens (including phenoxy) is 1. The van der Waals surface area contributed by atoms with Crippen molar-refractivity contribution in [2.75, 3.05) is 0 Å². The Morgan fingerprint density at radius 1 is 1.00 bits per heavy atom. The zero-order valence-electron chi connectivity index (χ0n) is 14.3. The molecule has 0 saturated carbocycles. The van der Waals surface area contributed by atoms with Crippen molar-refractivity contribution in [3.8, 4) is 16.9 Å². The first-order valence-electron chi connectivity index (χ1n) is 8.31. The molecule has 0 saturated heterocycles. The summed E-state index contributed by atoms with van der Waals surface area (Å²) in [5, 5.41) is 0.995. The van der Waals surface area contributed by atoms with Crippen LogP contribution in [0, 0.1) is 3.57 Å². The minimum absolute atomic E-state index is 0.168. The van der Waals surface area contributed by atoms with Gasteiger partial charge in [0, 0.05) is 14.7 Å². The van der Waals surface area contributed by atoms with Gasteiger partial charge in [-0.15, -0.1) is 0 Å². The molecule has 0 atom stereocenters. The van der Waals surface area contributed by atoms with Crippen molar-refractivity contribution in [1.82, 2.24) is 0 Å².